The van der Waals surface area contributed by atoms with Crippen molar-refractivity contribution < 1.29 is 8.42 Å². The predicted molar refractivity (Wildman–Crippen MR) is 70.4 cm³/mol. The lowest BCUT2D eigenvalue weighted by molar-refractivity contribution is 0.598. The first-order valence-electron chi connectivity index (χ1n) is 5.46. The summed E-state index contributed by atoms with van der Waals surface area (Å²) in [5, 5.41) is 5.05. The molecule has 0 bridgehead atoms. The van der Waals surface area contributed by atoms with Gasteiger partial charge in [0.15, 0.2) is 0 Å². The molecule has 0 saturated carbocycles. The molecule has 0 saturated heterocycles. The van der Waals surface area contributed by atoms with Gasteiger partial charge in [0.05, 0.1) is 5.69 Å². The zero-order chi connectivity index (χ0) is 13.2. The second kappa shape index (κ2) is 4.93. The van der Waals surface area contributed by atoms with Crippen LogP contribution in [0.15, 0.2) is 23.1 Å². The summed E-state index contributed by atoms with van der Waals surface area (Å²) in [7, 11) is -3.75. The molecule has 5 nitrogen and oxygen atoms in total. The molecule has 0 atom stereocenters. The van der Waals surface area contributed by atoms with Gasteiger partial charge in [-0.05, 0) is 39.0 Å². The number of hydrogen-bond acceptors (Lipinski definition) is 4. The molecule has 1 rings (SSSR count). The van der Waals surface area contributed by atoms with E-state index in [2.05, 4.69) is 18.7 Å². The van der Waals surface area contributed by atoms with Crippen LogP contribution < -0.4 is 15.8 Å². The van der Waals surface area contributed by atoms with Gasteiger partial charge in [-0.15, -0.1) is 0 Å². The largest absolute Gasteiger partial charge is 0.398 e. The first-order valence-corrected chi connectivity index (χ1v) is 7.01. The van der Waals surface area contributed by atoms with Crippen LogP contribution in [0.3, 0.4) is 0 Å². The first kappa shape index (κ1) is 13.8. The highest BCUT2D eigenvalue weighted by atomic mass is 32.2. The van der Waals surface area contributed by atoms with E-state index in [1.54, 1.807) is 12.1 Å². The smallest absolute Gasteiger partial charge is 0.240 e. The second-order valence-electron chi connectivity index (χ2n) is 4.15. The van der Waals surface area contributed by atoms with Gasteiger partial charge in [-0.3, -0.25) is 0 Å². The molecular weight excluding hydrogens is 238 g/mol. The minimum atomic E-state index is -3.75. The van der Waals surface area contributed by atoms with Gasteiger partial charge in [0, 0.05) is 18.3 Å². The Balaban J connectivity index is 3.21. The molecule has 96 valence electrons. The Morgan fingerprint density at radius 3 is 2.29 bits per heavy atom. The summed E-state index contributed by atoms with van der Waals surface area (Å²) in [5.41, 5.74) is 6.79. The molecule has 6 heteroatoms. The number of primary sulfonamides is 1. The number of sulfonamides is 1. The maximum atomic E-state index is 11.2. The third-order valence-corrected chi connectivity index (χ3v) is 3.58. The van der Waals surface area contributed by atoms with Crippen molar-refractivity contribution in [2.45, 2.75) is 31.7 Å². The van der Waals surface area contributed by atoms with Crippen molar-refractivity contribution in [2.24, 2.45) is 5.14 Å². The van der Waals surface area contributed by atoms with E-state index < -0.39 is 10.0 Å². The Labute approximate surface area is 102 Å². The average molecular weight is 257 g/mol. The van der Waals surface area contributed by atoms with Gasteiger partial charge in [0.1, 0.15) is 4.90 Å². The summed E-state index contributed by atoms with van der Waals surface area (Å²) >= 11 is 0. The molecular formula is C11H19N3O2S. The summed E-state index contributed by atoms with van der Waals surface area (Å²) < 4.78 is 22.4. The zero-order valence-electron chi connectivity index (χ0n) is 10.3. The van der Waals surface area contributed by atoms with E-state index in [0.717, 1.165) is 12.2 Å². The van der Waals surface area contributed by atoms with Crippen molar-refractivity contribution in [1.82, 2.24) is 0 Å². The molecule has 4 N–H and O–H groups in total. The van der Waals surface area contributed by atoms with E-state index in [1.807, 2.05) is 6.92 Å². The highest BCUT2D eigenvalue weighted by molar-refractivity contribution is 7.89. The topological polar surface area (TPSA) is 89.4 Å². The number of anilines is 2. The molecule has 0 unspecified atom stereocenters. The van der Waals surface area contributed by atoms with Crippen molar-refractivity contribution in [3.8, 4) is 0 Å². The lowest BCUT2D eigenvalue weighted by atomic mass is 10.2. The van der Waals surface area contributed by atoms with Gasteiger partial charge < -0.3 is 10.6 Å². The van der Waals surface area contributed by atoms with Crippen LogP contribution in [0.25, 0.3) is 0 Å². The molecule has 0 aliphatic heterocycles. The van der Waals surface area contributed by atoms with Crippen LogP contribution >= 0.6 is 0 Å². The molecule has 0 spiro atoms. The monoisotopic (exact) mass is 257 g/mol. The van der Waals surface area contributed by atoms with Gasteiger partial charge in [0.2, 0.25) is 10.0 Å². The number of rotatable bonds is 4. The molecule has 0 fully saturated rings. The fourth-order valence-electron chi connectivity index (χ4n) is 1.82. The van der Waals surface area contributed by atoms with Crippen molar-refractivity contribution in [3.63, 3.8) is 0 Å². The van der Waals surface area contributed by atoms with E-state index in [1.165, 1.54) is 6.07 Å². The normalized spacial score (nSPS) is 11.8. The fourth-order valence-corrected chi connectivity index (χ4v) is 2.46. The standard InChI is InChI=1S/C11H19N3O2S/c1-4-14(8(2)3)9-5-6-11(10(12)7-9)17(13,15)16/h5-8H,4,12H2,1-3H3,(H2,13,15,16). The van der Waals surface area contributed by atoms with Crippen molar-refractivity contribution >= 4 is 21.4 Å². The van der Waals surface area contributed by atoms with Gasteiger partial charge in [-0.2, -0.15) is 0 Å². The van der Waals surface area contributed by atoms with E-state index in [-0.39, 0.29) is 10.6 Å². The number of benzene rings is 1. The first-order chi connectivity index (χ1) is 7.77. The average Bonchev–Trinajstić information content (AvgIpc) is 2.15. The van der Waals surface area contributed by atoms with Crippen molar-refractivity contribution in [2.75, 3.05) is 17.2 Å². The molecule has 1 aromatic rings. The Kier molecular flexibility index (Phi) is 4.00. The van der Waals surface area contributed by atoms with Gasteiger partial charge in [-0.25, -0.2) is 13.6 Å². The van der Waals surface area contributed by atoms with Crippen LogP contribution in [0.2, 0.25) is 0 Å². The van der Waals surface area contributed by atoms with Crippen LogP contribution in [0, 0.1) is 0 Å². The van der Waals surface area contributed by atoms with E-state index in [0.29, 0.717) is 6.04 Å². The third-order valence-electron chi connectivity index (χ3n) is 2.60. The van der Waals surface area contributed by atoms with Gasteiger partial charge in [-0.1, -0.05) is 0 Å². The molecule has 17 heavy (non-hydrogen) atoms. The van der Waals surface area contributed by atoms with E-state index in [4.69, 9.17) is 10.9 Å². The number of nitrogens with two attached hydrogens (primary N) is 2. The number of nitrogen functional groups attached to an aromatic ring is 1. The van der Waals surface area contributed by atoms with Crippen molar-refractivity contribution in [1.29, 1.82) is 0 Å². The fraction of sp³-hybridized carbons (Fsp3) is 0.455. The van der Waals surface area contributed by atoms with Crippen LogP contribution in [-0.4, -0.2) is 21.0 Å². The molecule has 0 aromatic heterocycles. The van der Waals surface area contributed by atoms with Crippen LogP contribution in [-0.2, 0) is 10.0 Å². The predicted octanol–water partition coefficient (Wildman–Crippen LogP) is 1.15. The molecule has 0 heterocycles. The third kappa shape index (κ3) is 3.10. The summed E-state index contributed by atoms with van der Waals surface area (Å²) in [6.07, 6.45) is 0. The molecule has 0 radical (unpaired) electrons. The van der Waals surface area contributed by atoms with Crippen molar-refractivity contribution in [3.05, 3.63) is 18.2 Å². The maximum absolute atomic E-state index is 11.2. The van der Waals surface area contributed by atoms with Crippen LogP contribution in [0.1, 0.15) is 20.8 Å². The lowest BCUT2D eigenvalue weighted by Crippen LogP contribution is -2.30. The minimum absolute atomic E-state index is 0.0268. The van der Waals surface area contributed by atoms with Crippen LogP contribution in [0.4, 0.5) is 11.4 Å². The minimum Gasteiger partial charge on any atom is -0.398 e. The number of nitrogens with zero attached hydrogens (tertiary/aromatic N) is 1. The summed E-state index contributed by atoms with van der Waals surface area (Å²) in [6.45, 7) is 6.98. The highest BCUT2D eigenvalue weighted by Gasteiger charge is 2.15. The Hall–Kier alpha value is -1.27. The maximum Gasteiger partial charge on any atom is 0.240 e. The molecule has 1 aromatic carbocycles. The second-order valence-corrected chi connectivity index (χ2v) is 5.68. The zero-order valence-corrected chi connectivity index (χ0v) is 11.2. The Morgan fingerprint density at radius 2 is 1.94 bits per heavy atom. The van der Waals surface area contributed by atoms with Gasteiger partial charge >= 0.3 is 0 Å². The van der Waals surface area contributed by atoms with E-state index >= 15 is 0 Å². The quantitative estimate of drug-likeness (QED) is 0.792. The van der Waals surface area contributed by atoms with E-state index in [9.17, 15) is 8.42 Å². The molecule has 0 aliphatic rings. The summed E-state index contributed by atoms with van der Waals surface area (Å²) in [5.74, 6) is 0. The lowest BCUT2D eigenvalue weighted by Gasteiger charge is -2.28. The summed E-state index contributed by atoms with van der Waals surface area (Å²) in [4.78, 5) is 2.09. The van der Waals surface area contributed by atoms with Crippen LogP contribution in [0.5, 0.6) is 0 Å². The molecule has 0 amide bonds. The molecule has 0 aliphatic carbocycles. The Morgan fingerprint density at radius 1 is 1.35 bits per heavy atom. The summed E-state index contributed by atoms with van der Waals surface area (Å²) in [6, 6.07) is 5.13. The number of hydrogen-bond donors (Lipinski definition) is 2. The van der Waals surface area contributed by atoms with Gasteiger partial charge in [0.25, 0.3) is 0 Å². The Bertz CT molecular complexity index is 497. The highest BCUT2D eigenvalue weighted by Crippen LogP contribution is 2.25. The SMILES string of the molecule is CCN(c1ccc(S(N)(=O)=O)c(N)c1)C(C)C.